The zero-order valence-electron chi connectivity index (χ0n) is 19.6. The van der Waals surface area contributed by atoms with Crippen molar-refractivity contribution in [3.8, 4) is 0 Å². The van der Waals surface area contributed by atoms with Gasteiger partial charge in [-0.05, 0) is 45.9 Å². The zero-order valence-corrected chi connectivity index (χ0v) is 19.6. The van der Waals surface area contributed by atoms with E-state index in [2.05, 4.69) is 108 Å². The minimum absolute atomic E-state index is 0.494. The minimum atomic E-state index is 0.494. The molecule has 3 rings (SSSR count). The molecule has 2 aromatic carbocycles. The highest BCUT2D eigenvalue weighted by molar-refractivity contribution is 5.69. The predicted octanol–water partition coefficient (Wildman–Crippen LogP) is 7.50. The molecule has 1 saturated heterocycles. The highest BCUT2D eigenvalue weighted by Crippen LogP contribution is 2.41. The van der Waals surface area contributed by atoms with Crippen LogP contribution in [-0.2, 0) is 0 Å². The van der Waals surface area contributed by atoms with Gasteiger partial charge in [-0.1, -0.05) is 91.8 Å². The molecule has 2 nitrogen and oxygen atoms in total. The van der Waals surface area contributed by atoms with Crippen molar-refractivity contribution in [3.05, 3.63) is 65.2 Å². The van der Waals surface area contributed by atoms with Gasteiger partial charge >= 0.3 is 0 Å². The molecule has 0 N–H and O–H groups in total. The fourth-order valence-corrected chi connectivity index (χ4v) is 4.44. The van der Waals surface area contributed by atoms with Crippen molar-refractivity contribution in [1.29, 1.82) is 0 Å². The lowest BCUT2D eigenvalue weighted by molar-refractivity contribution is 0.799. The van der Waals surface area contributed by atoms with Gasteiger partial charge in [0.25, 0.3) is 0 Å². The molecule has 0 atom stereocenters. The summed E-state index contributed by atoms with van der Waals surface area (Å²) in [6.45, 7) is 23.8. The van der Waals surface area contributed by atoms with E-state index in [0.29, 0.717) is 23.7 Å². The number of hydrogen-bond donors (Lipinski definition) is 0. The maximum absolute atomic E-state index is 3.70. The summed E-state index contributed by atoms with van der Waals surface area (Å²) in [7, 11) is 0. The fraction of sp³-hybridized carbons (Fsp3) is 0.519. The first-order valence-electron chi connectivity index (χ1n) is 11.2. The number of anilines is 2. The molecule has 1 aliphatic heterocycles. The molecule has 0 aliphatic carbocycles. The van der Waals surface area contributed by atoms with Crippen LogP contribution in [0.15, 0.2) is 36.4 Å². The van der Waals surface area contributed by atoms with E-state index in [1.54, 1.807) is 0 Å². The number of nitrogens with zero attached hydrogens (tertiary/aromatic N) is 2. The molecule has 0 aromatic heterocycles. The van der Waals surface area contributed by atoms with Crippen LogP contribution in [0.3, 0.4) is 0 Å². The number of benzene rings is 2. The van der Waals surface area contributed by atoms with Crippen molar-refractivity contribution in [2.24, 2.45) is 0 Å². The van der Waals surface area contributed by atoms with Crippen LogP contribution in [0.2, 0.25) is 0 Å². The lowest BCUT2D eigenvalue weighted by Gasteiger charge is -2.30. The van der Waals surface area contributed by atoms with Crippen LogP contribution in [0, 0.1) is 6.54 Å². The Labute approximate surface area is 178 Å². The second kappa shape index (κ2) is 8.81. The van der Waals surface area contributed by atoms with Gasteiger partial charge in [-0.2, -0.15) is 0 Å². The van der Waals surface area contributed by atoms with E-state index in [-0.39, 0.29) is 0 Å². The molecular formula is C27H38N2. The minimum Gasteiger partial charge on any atom is -0.351 e. The van der Waals surface area contributed by atoms with Crippen LogP contribution in [0.25, 0.3) is 0 Å². The smallest absolute Gasteiger partial charge is 0.114 e. The second-order valence-corrected chi connectivity index (χ2v) is 9.61. The third-order valence-corrected chi connectivity index (χ3v) is 6.04. The Kier molecular flexibility index (Phi) is 6.61. The van der Waals surface area contributed by atoms with Gasteiger partial charge in [-0.15, -0.1) is 0 Å². The van der Waals surface area contributed by atoms with Crippen molar-refractivity contribution in [2.75, 3.05) is 23.0 Å². The van der Waals surface area contributed by atoms with Crippen molar-refractivity contribution in [3.63, 3.8) is 0 Å². The average Bonchev–Trinajstić information content (AvgIpc) is 3.15. The molecule has 1 heterocycles. The monoisotopic (exact) mass is 390 g/mol. The Balaban J connectivity index is 2.03. The van der Waals surface area contributed by atoms with E-state index < -0.39 is 0 Å². The topological polar surface area (TPSA) is 6.48 Å². The van der Waals surface area contributed by atoms with Gasteiger partial charge in [-0.3, -0.25) is 0 Å². The maximum Gasteiger partial charge on any atom is 0.114 e. The summed E-state index contributed by atoms with van der Waals surface area (Å²) < 4.78 is 0. The van der Waals surface area contributed by atoms with E-state index in [1.807, 2.05) is 0 Å². The first kappa shape index (κ1) is 21.7. The highest BCUT2D eigenvalue weighted by Gasteiger charge is 2.29. The van der Waals surface area contributed by atoms with E-state index in [1.165, 1.54) is 33.6 Å². The van der Waals surface area contributed by atoms with Crippen LogP contribution in [0.5, 0.6) is 0 Å². The van der Waals surface area contributed by atoms with Gasteiger partial charge in [-0.25, -0.2) is 0 Å². The Morgan fingerprint density at radius 2 is 1.00 bits per heavy atom. The maximum atomic E-state index is 3.70. The van der Waals surface area contributed by atoms with Crippen LogP contribution in [0.1, 0.15) is 101 Å². The predicted molar refractivity (Wildman–Crippen MR) is 127 cm³/mol. The largest absolute Gasteiger partial charge is 0.351 e. The summed E-state index contributed by atoms with van der Waals surface area (Å²) in [5.41, 5.74) is 8.52. The summed E-state index contributed by atoms with van der Waals surface area (Å²) in [4.78, 5) is 4.90. The number of hydrogen-bond acceptors (Lipinski definition) is 2. The van der Waals surface area contributed by atoms with Gasteiger partial charge in [0.2, 0.25) is 0 Å². The van der Waals surface area contributed by atoms with E-state index >= 15 is 0 Å². The second-order valence-electron chi connectivity index (χ2n) is 9.61. The van der Waals surface area contributed by atoms with Crippen LogP contribution in [-0.4, -0.2) is 13.2 Å². The number of para-hydroxylation sites is 2. The third kappa shape index (κ3) is 4.32. The Morgan fingerprint density at radius 3 is 1.38 bits per heavy atom. The van der Waals surface area contributed by atoms with Crippen LogP contribution < -0.4 is 9.80 Å². The molecule has 2 heteroatoms. The zero-order chi connectivity index (χ0) is 21.3. The molecule has 0 bridgehead atoms. The Hall–Kier alpha value is -1.96. The van der Waals surface area contributed by atoms with Crippen molar-refractivity contribution in [1.82, 2.24) is 0 Å². The average molecular weight is 391 g/mol. The molecular weight excluding hydrogens is 352 g/mol. The van der Waals surface area contributed by atoms with Crippen LogP contribution >= 0.6 is 0 Å². The summed E-state index contributed by atoms with van der Waals surface area (Å²) in [6.07, 6.45) is 0. The summed E-state index contributed by atoms with van der Waals surface area (Å²) in [5, 5.41) is 0. The normalized spacial score (nSPS) is 14.9. The van der Waals surface area contributed by atoms with Gasteiger partial charge in [0, 0.05) is 17.9 Å². The van der Waals surface area contributed by atoms with Gasteiger partial charge in [0.05, 0.1) is 6.67 Å². The molecule has 1 aliphatic rings. The molecule has 0 unspecified atom stereocenters. The van der Waals surface area contributed by atoms with E-state index in [9.17, 15) is 0 Å². The molecule has 0 saturated carbocycles. The third-order valence-electron chi connectivity index (χ3n) is 6.04. The Bertz CT molecular complexity index is 710. The van der Waals surface area contributed by atoms with Crippen LogP contribution in [0.4, 0.5) is 11.4 Å². The molecule has 2 radical (unpaired) electrons. The molecule has 156 valence electrons. The van der Waals surface area contributed by atoms with E-state index in [0.717, 1.165) is 13.2 Å². The molecule has 1 fully saturated rings. The first-order chi connectivity index (χ1) is 13.7. The number of rotatable bonds is 6. The van der Waals surface area contributed by atoms with Crippen molar-refractivity contribution in [2.45, 2.75) is 79.1 Å². The lowest BCUT2D eigenvalue weighted by Crippen LogP contribution is -2.28. The summed E-state index contributed by atoms with van der Waals surface area (Å²) >= 11 is 0. The quantitative estimate of drug-likeness (QED) is 0.504. The van der Waals surface area contributed by atoms with Gasteiger partial charge in [0.15, 0.2) is 0 Å². The van der Waals surface area contributed by atoms with Gasteiger partial charge < -0.3 is 9.80 Å². The van der Waals surface area contributed by atoms with Crippen molar-refractivity contribution < 1.29 is 0 Å². The van der Waals surface area contributed by atoms with Crippen molar-refractivity contribution >= 4 is 11.4 Å². The van der Waals surface area contributed by atoms with Gasteiger partial charge in [0.1, 0.15) is 6.54 Å². The fourth-order valence-electron chi connectivity index (χ4n) is 4.44. The highest BCUT2D eigenvalue weighted by atomic mass is 15.4. The standard InChI is InChI=1S/C27H38N2/c1-18(2)22-11-9-12-23(19(3)4)26(22)28-15-16-29(17-28)27-24(20(5)6)13-10-14-25(27)21(7)8/h9-14,18-21H,15,17H2,1-8H3. The Morgan fingerprint density at radius 1 is 0.621 bits per heavy atom. The lowest BCUT2D eigenvalue weighted by atomic mass is 9.92. The SMILES string of the molecule is CC(C)c1cccc(C(C)C)c1N1[C]CN(c2c(C(C)C)cccc2C(C)C)C1. The summed E-state index contributed by atoms with van der Waals surface area (Å²) in [6, 6.07) is 13.6. The molecule has 0 spiro atoms. The summed E-state index contributed by atoms with van der Waals surface area (Å²) in [5.74, 6) is 2.00. The first-order valence-corrected chi connectivity index (χ1v) is 11.2. The molecule has 2 aromatic rings. The van der Waals surface area contributed by atoms with E-state index in [4.69, 9.17) is 0 Å². The molecule has 29 heavy (non-hydrogen) atoms. The molecule has 0 amide bonds.